The average Bonchev–Trinajstić information content (AvgIpc) is 3.13. The number of aromatic nitrogens is 2. The summed E-state index contributed by atoms with van der Waals surface area (Å²) in [5, 5.41) is 11.5. The Balaban J connectivity index is 1.95. The fourth-order valence-corrected chi connectivity index (χ4v) is 6.55. The van der Waals surface area contributed by atoms with Crippen molar-refractivity contribution in [3.63, 3.8) is 0 Å². The molecule has 0 amide bonds. The van der Waals surface area contributed by atoms with Crippen LogP contribution in [-0.2, 0) is 19.9 Å². The quantitative estimate of drug-likeness (QED) is 0.570. The molecule has 2 heterocycles. The summed E-state index contributed by atoms with van der Waals surface area (Å²) in [6.07, 6.45) is 2.43. The van der Waals surface area contributed by atoms with Crippen molar-refractivity contribution in [1.29, 1.82) is 5.41 Å². The van der Waals surface area contributed by atoms with Gasteiger partial charge in [-0.2, -0.15) is 4.31 Å². The van der Waals surface area contributed by atoms with Crippen molar-refractivity contribution in [2.24, 2.45) is 0 Å². The first-order valence-electron chi connectivity index (χ1n) is 8.89. The maximum atomic E-state index is 13.0. The van der Waals surface area contributed by atoms with Crippen LogP contribution in [0.25, 0.3) is 0 Å². The Morgan fingerprint density at radius 3 is 2.54 bits per heavy atom. The van der Waals surface area contributed by atoms with E-state index < -0.39 is 25.2 Å². The Kier molecular flexibility index (Phi) is 5.91. The second-order valence-corrected chi connectivity index (χ2v) is 10.7. The summed E-state index contributed by atoms with van der Waals surface area (Å²) in [6, 6.07) is 7.94. The topological polar surface area (TPSA) is 130 Å². The summed E-state index contributed by atoms with van der Waals surface area (Å²) in [5.41, 5.74) is -0.218. The molecule has 154 valence electrons. The Bertz CT molecular complexity index is 1060. The van der Waals surface area contributed by atoms with Crippen LogP contribution in [0.5, 0.6) is 0 Å². The maximum absolute atomic E-state index is 13.0. The first-order valence-corrected chi connectivity index (χ1v) is 12.0. The van der Waals surface area contributed by atoms with Crippen LogP contribution in [0.3, 0.4) is 0 Å². The minimum Gasteiger partial charge on any atom is -0.380 e. The zero-order valence-electron chi connectivity index (χ0n) is 15.4. The van der Waals surface area contributed by atoms with E-state index in [-0.39, 0.29) is 35.8 Å². The van der Waals surface area contributed by atoms with E-state index in [9.17, 15) is 16.8 Å². The largest absolute Gasteiger partial charge is 0.380 e. The molecule has 0 aliphatic carbocycles. The van der Waals surface area contributed by atoms with Crippen LogP contribution >= 0.6 is 0 Å². The number of hydrogen-bond acceptors (Lipinski definition) is 7. The summed E-state index contributed by atoms with van der Waals surface area (Å²) in [5.74, 6) is -0.0595. The highest BCUT2D eigenvalue weighted by molar-refractivity contribution is 7.92. The lowest BCUT2D eigenvalue weighted by Gasteiger charge is -2.40. The Morgan fingerprint density at radius 2 is 1.93 bits per heavy atom. The van der Waals surface area contributed by atoms with Gasteiger partial charge in [-0.25, -0.2) is 16.8 Å². The molecule has 0 bridgehead atoms. The van der Waals surface area contributed by atoms with E-state index in [2.05, 4.69) is 5.27 Å². The van der Waals surface area contributed by atoms with Crippen LogP contribution in [-0.4, -0.2) is 51.9 Å². The van der Waals surface area contributed by atoms with Gasteiger partial charge in [0.1, 0.15) is 5.37 Å². The highest BCUT2D eigenvalue weighted by Gasteiger charge is 2.40. The summed E-state index contributed by atoms with van der Waals surface area (Å²) in [4.78, 5) is 1.29. The van der Waals surface area contributed by atoms with Gasteiger partial charge in [-0.15, -0.1) is 0 Å². The van der Waals surface area contributed by atoms with Gasteiger partial charge < -0.3 is 4.52 Å². The standard InChI is InChI=1S/C16H23N5O5S2/c1-2-3-11-27(22,23)16-13-19(28(24,25)14-7-5-4-6-8-14)9-10-20(16)21-12-15(17)26-18-21/h4-8,12,16-17H,2-3,9-11,13H2,1H3. The fourth-order valence-electron chi connectivity index (χ4n) is 3.05. The molecular weight excluding hydrogens is 406 g/mol. The lowest BCUT2D eigenvalue weighted by molar-refractivity contribution is -0.765. The van der Waals surface area contributed by atoms with Gasteiger partial charge in [0.2, 0.25) is 10.0 Å². The number of nitrogens with zero attached hydrogens (tertiary/aromatic N) is 4. The van der Waals surface area contributed by atoms with Gasteiger partial charge in [-0.3, -0.25) is 10.4 Å². The van der Waals surface area contributed by atoms with Crippen LogP contribution in [0.1, 0.15) is 19.8 Å². The molecule has 1 unspecified atom stereocenters. The Hall–Kier alpha value is -2.18. The van der Waals surface area contributed by atoms with Gasteiger partial charge in [0, 0.05) is 19.6 Å². The van der Waals surface area contributed by atoms with E-state index >= 15 is 0 Å². The number of piperazine rings is 1. The van der Waals surface area contributed by atoms with E-state index in [0.717, 1.165) is 0 Å². The van der Waals surface area contributed by atoms with Crippen LogP contribution in [0, 0.1) is 5.41 Å². The molecule has 3 rings (SSSR count). The van der Waals surface area contributed by atoms with Crippen LogP contribution in [0.15, 0.2) is 45.9 Å². The van der Waals surface area contributed by atoms with E-state index in [0.29, 0.717) is 12.8 Å². The number of sulfone groups is 1. The molecule has 0 radical (unpaired) electrons. The maximum Gasteiger partial charge on any atom is 0.286 e. The monoisotopic (exact) mass is 429 g/mol. The molecule has 1 atom stereocenters. The number of hydrogen-bond donors (Lipinski definition) is 1. The Labute approximate surface area is 163 Å². The minimum atomic E-state index is -3.82. The SMILES string of the molecule is CCCCS(=O)(=O)C1CN(S(=O)(=O)c2ccccc2)CCN1[n+]1cc(=N)o[n-]1. The number of nitrogens with one attached hydrogen (secondary N) is 1. The molecule has 12 heteroatoms. The predicted molar refractivity (Wildman–Crippen MR) is 98.8 cm³/mol. The van der Waals surface area contributed by atoms with Gasteiger partial charge >= 0.3 is 0 Å². The third-order valence-electron chi connectivity index (χ3n) is 4.57. The smallest absolute Gasteiger partial charge is 0.286 e. The number of rotatable bonds is 7. The lowest BCUT2D eigenvalue weighted by atomic mass is 10.4. The molecule has 1 aromatic heterocycles. The molecule has 1 aliphatic rings. The molecule has 1 saturated heterocycles. The summed E-state index contributed by atoms with van der Waals surface area (Å²) in [7, 11) is -7.48. The molecule has 1 fully saturated rings. The Morgan fingerprint density at radius 1 is 1.21 bits per heavy atom. The van der Waals surface area contributed by atoms with Crippen molar-refractivity contribution < 1.29 is 26.1 Å². The van der Waals surface area contributed by atoms with Gasteiger partial charge in [0.15, 0.2) is 9.84 Å². The molecular formula is C16H23N5O5S2. The highest BCUT2D eigenvalue weighted by Crippen LogP contribution is 2.21. The second-order valence-electron chi connectivity index (χ2n) is 6.50. The van der Waals surface area contributed by atoms with Crippen molar-refractivity contribution in [2.75, 3.05) is 30.4 Å². The zero-order valence-corrected chi connectivity index (χ0v) is 17.1. The van der Waals surface area contributed by atoms with Crippen molar-refractivity contribution in [3.05, 3.63) is 42.1 Å². The number of unbranched alkanes of at least 4 members (excludes halogenated alkanes) is 1. The second kappa shape index (κ2) is 8.05. The van der Waals surface area contributed by atoms with E-state index in [1.54, 1.807) is 18.2 Å². The first kappa shape index (κ1) is 20.6. The van der Waals surface area contributed by atoms with Crippen molar-refractivity contribution in [2.45, 2.75) is 30.0 Å². The van der Waals surface area contributed by atoms with E-state index in [1.807, 2.05) is 6.92 Å². The van der Waals surface area contributed by atoms with Crippen LogP contribution < -0.4 is 20.6 Å². The van der Waals surface area contributed by atoms with Gasteiger partial charge in [-0.1, -0.05) is 36.3 Å². The predicted octanol–water partition coefficient (Wildman–Crippen LogP) is -0.813. The first-order chi connectivity index (χ1) is 13.3. The summed E-state index contributed by atoms with van der Waals surface area (Å²) < 4.78 is 57.8. The summed E-state index contributed by atoms with van der Waals surface area (Å²) in [6.45, 7) is 1.85. The molecule has 1 N–H and O–H groups in total. The number of sulfonamides is 1. The zero-order chi connectivity index (χ0) is 20.4. The average molecular weight is 430 g/mol. The van der Waals surface area contributed by atoms with Crippen molar-refractivity contribution >= 4 is 19.9 Å². The van der Waals surface area contributed by atoms with Crippen molar-refractivity contribution in [1.82, 2.24) is 9.58 Å². The third kappa shape index (κ3) is 4.13. The molecule has 2 aromatic rings. The molecule has 1 aliphatic heterocycles. The molecule has 0 spiro atoms. The normalized spacial score (nSPS) is 19.0. The van der Waals surface area contributed by atoms with E-state index in [1.165, 1.54) is 32.4 Å². The fraction of sp³-hybridized carbons (Fsp3) is 0.500. The highest BCUT2D eigenvalue weighted by atomic mass is 32.2. The summed E-state index contributed by atoms with van der Waals surface area (Å²) >= 11 is 0. The molecule has 1 aromatic carbocycles. The van der Waals surface area contributed by atoms with E-state index in [4.69, 9.17) is 9.93 Å². The molecule has 28 heavy (non-hydrogen) atoms. The number of benzene rings is 1. The van der Waals surface area contributed by atoms with Crippen molar-refractivity contribution in [3.8, 4) is 0 Å². The van der Waals surface area contributed by atoms with Gasteiger partial charge in [0.05, 0.1) is 10.6 Å². The third-order valence-corrected chi connectivity index (χ3v) is 8.53. The van der Waals surface area contributed by atoms with Crippen LogP contribution in [0.2, 0.25) is 0 Å². The lowest BCUT2D eigenvalue weighted by Crippen LogP contribution is -2.73. The minimum absolute atomic E-state index is 0.0595. The van der Waals surface area contributed by atoms with Crippen LogP contribution in [0.4, 0.5) is 0 Å². The van der Waals surface area contributed by atoms with Gasteiger partial charge in [-0.05, 0) is 23.8 Å². The van der Waals surface area contributed by atoms with Gasteiger partial charge in [0.25, 0.3) is 11.8 Å². The molecule has 10 nitrogen and oxygen atoms in total. The molecule has 0 saturated carbocycles.